The summed E-state index contributed by atoms with van der Waals surface area (Å²) < 4.78 is 75.8. The molecule has 0 aliphatic heterocycles. The number of benzene rings is 2. The molecule has 0 saturated heterocycles. The molecule has 1 heterocycles. The lowest BCUT2D eigenvalue weighted by Gasteiger charge is -2.34. The standard InChI is InChI=1S/C26H23ClF5N3O3/c1-2-17-10-21(36)35-24(34-17)22-19(26(30,31)32)5-3-13(23(22)29)11-33-25(37)14-8-18(9-14)38-12-15-7-16(27)4-6-20(15)28/h3-7,10,14,18H,2,8-9,11-12H2,1H3,(H,33,37)(H,34,35,36)/t14-,18-. The van der Waals surface area contributed by atoms with Crippen molar-refractivity contribution in [2.45, 2.75) is 51.6 Å². The lowest BCUT2D eigenvalue weighted by molar-refractivity contribution is -0.137. The molecule has 2 N–H and O–H groups in total. The Balaban J connectivity index is 1.42. The van der Waals surface area contributed by atoms with Gasteiger partial charge in [0.1, 0.15) is 17.5 Å². The third-order valence-electron chi connectivity index (χ3n) is 6.32. The fourth-order valence-corrected chi connectivity index (χ4v) is 4.33. The average molecular weight is 556 g/mol. The molecule has 1 aliphatic rings. The molecule has 1 amide bonds. The van der Waals surface area contributed by atoms with Crippen molar-refractivity contribution in [3.05, 3.63) is 85.8 Å². The second-order valence-electron chi connectivity index (χ2n) is 8.95. The Morgan fingerprint density at radius 3 is 2.58 bits per heavy atom. The number of amides is 1. The molecule has 0 spiro atoms. The largest absolute Gasteiger partial charge is 0.417 e. The van der Waals surface area contributed by atoms with Gasteiger partial charge in [0.05, 0.1) is 23.8 Å². The second-order valence-corrected chi connectivity index (χ2v) is 9.39. The van der Waals surface area contributed by atoms with Crippen LogP contribution in [-0.4, -0.2) is 22.0 Å². The summed E-state index contributed by atoms with van der Waals surface area (Å²) in [6.45, 7) is 1.27. The summed E-state index contributed by atoms with van der Waals surface area (Å²) >= 11 is 5.86. The van der Waals surface area contributed by atoms with Crippen LogP contribution in [0, 0.1) is 17.6 Å². The van der Waals surface area contributed by atoms with E-state index in [4.69, 9.17) is 16.3 Å². The SMILES string of the molecule is CCc1cc(=O)[nH]c(-c2c(C(F)(F)F)ccc(CNC(=O)[C@H]3C[C@H](OCc4cc(Cl)ccc4F)C3)c2F)n1. The minimum atomic E-state index is -4.91. The number of rotatable bonds is 8. The molecular weight excluding hydrogens is 533 g/mol. The van der Waals surface area contributed by atoms with Crippen LogP contribution in [0.15, 0.2) is 41.2 Å². The smallest absolute Gasteiger partial charge is 0.373 e. The van der Waals surface area contributed by atoms with E-state index in [1.54, 1.807) is 6.92 Å². The van der Waals surface area contributed by atoms with Crippen LogP contribution in [0.1, 0.15) is 42.1 Å². The molecule has 12 heteroatoms. The van der Waals surface area contributed by atoms with Gasteiger partial charge in [-0.1, -0.05) is 24.6 Å². The monoisotopic (exact) mass is 555 g/mol. The zero-order chi connectivity index (χ0) is 27.6. The van der Waals surface area contributed by atoms with Gasteiger partial charge in [-0.25, -0.2) is 13.8 Å². The number of aryl methyl sites for hydroxylation is 1. The molecule has 38 heavy (non-hydrogen) atoms. The first-order chi connectivity index (χ1) is 18.0. The van der Waals surface area contributed by atoms with Crippen LogP contribution in [0.25, 0.3) is 11.4 Å². The molecule has 3 aromatic rings. The molecular formula is C26H23ClF5N3O3. The highest BCUT2D eigenvalue weighted by molar-refractivity contribution is 6.30. The Morgan fingerprint density at radius 1 is 1.16 bits per heavy atom. The first-order valence-corrected chi connectivity index (χ1v) is 12.2. The van der Waals surface area contributed by atoms with Crippen molar-refractivity contribution in [1.29, 1.82) is 0 Å². The first-order valence-electron chi connectivity index (χ1n) is 11.8. The number of aromatic nitrogens is 2. The predicted octanol–water partition coefficient (Wildman–Crippen LogP) is 5.56. The lowest BCUT2D eigenvalue weighted by atomic mass is 9.81. The van der Waals surface area contributed by atoms with Gasteiger partial charge in [-0.3, -0.25) is 9.59 Å². The number of halogens is 6. The maximum Gasteiger partial charge on any atom is 0.417 e. The Bertz CT molecular complexity index is 1400. The van der Waals surface area contributed by atoms with Crippen LogP contribution in [0.3, 0.4) is 0 Å². The number of carbonyl (C=O) groups excluding carboxylic acids is 1. The Hall–Kier alpha value is -3.31. The van der Waals surface area contributed by atoms with Crippen molar-refractivity contribution >= 4 is 17.5 Å². The highest BCUT2D eigenvalue weighted by atomic mass is 35.5. The highest BCUT2D eigenvalue weighted by Crippen LogP contribution is 2.38. The molecule has 1 saturated carbocycles. The second kappa shape index (κ2) is 11.2. The van der Waals surface area contributed by atoms with Crippen molar-refractivity contribution < 1.29 is 31.5 Å². The number of nitrogens with zero attached hydrogens (tertiary/aromatic N) is 1. The summed E-state index contributed by atoms with van der Waals surface area (Å²) in [6, 6.07) is 6.87. The van der Waals surface area contributed by atoms with Crippen molar-refractivity contribution in [2.24, 2.45) is 5.92 Å². The van der Waals surface area contributed by atoms with E-state index in [1.807, 2.05) is 0 Å². The maximum atomic E-state index is 15.4. The van der Waals surface area contributed by atoms with Crippen LogP contribution in [0.5, 0.6) is 0 Å². The van der Waals surface area contributed by atoms with E-state index in [0.717, 1.165) is 12.1 Å². The van der Waals surface area contributed by atoms with E-state index in [9.17, 15) is 27.2 Å². The molecule has 1 fully saturated rings. The van der Waals surface area contributed by atoms with Crippen LogP contribution in [0.2, 0.25) is 5.02 Å². The molecule has 0 unspecified atom stereocenters. The number of ether oxygens (including phenoxy) is 1. The Labute approximate surface area is 219 Å². The van der Waals surface area contributed by atoms with Crippen LogP contribution < -0.4 is 10.9 Å². The molecule has 202 valence electrons. The summed E-state index contributed by atoms with van der Waals surface area (Å²) in [5.74, 6) is -3.10. The quantitative estimate of drug-likeness (QED) is 0.356. The van der Waals surface area contributed by atoms with E-state index < -0.39 is 52.1 Å². The van der Waals surface area contributed by atoms with Crippen molar-refractivity contribution in [3.63, 3.8) is 0 Å². The van der Waals surface area contributed by atoms with Gasteiger partial charge in [0, 0.05) is 40.4 Å². The number of hydrogen-bond donors (Lipinski definition) is 2. The normalized spacial score (nSPS) is 17.2. The van der Waals surface area contributed by atoms with E-state index >= 15 is 4.39 Å². The fraction of sp³-hybridized carbons (Fsp3) is 0.346. The molecule has 0 atom stereocenters. The van der Waals surface area contributed by atoms with Crippen molar-refractivity contribution in [3.8, 4) is 11.4 Å². The average Bonchev–Trinajstić information content (AvgIpc) is 2.83. The number of carbonyl (C=O) groups is 1. The number of H-pyrrole nitrogens is 1. The van der Waals surface area contributed by atoms with E-state index in [2.05, 4.69) is 15.3 Å². The summed E-state index contributed by atoms with van der Waals surface area (Å²) in [5, 5.41) is 2.91. The Morgan fingerprint density at radius 2 is 1.89 bits per heavy atom. The number of hydrogen-bond acceptors (Lipinski definition) is 4. The molecule has 0 bridgehead atoms. The van der Waals surface area contributed by atoms with Gasteiger partial charge in [-0.15, -0.1) is 0 Å². The fourth-order valence-electron chi connectivity index (χ4n) is 4.13. The number of nitrogens with one attached hydrogen (secondary N) is 2. The van der Waals surface area contributed by atoms with Crippen LogP contribution in [-0.2, 0) is 35.3 Å². The molecule has 1 aliphatic carbocycles. The highest BCUT2D eigenvalue weighted by Gasteiger charge is 2.38. The summed E-state index contributed by atoms with van der Waals surface area (Å²) in [5.41, 5.74) is -2.60. The molecule has 0 radical (unpaired) electrons. The maximum absolute atomic E-state index is 15.4. The Kier molecular flexibility index (Phi) is 8.17. The zero-order valence-electron chi connectivity index (χ0n) is 20.1. The summed E-state index contributed by atoms with van der Waals surface area (Å²) in [7, 11) is 0. The molecule has 4 rings (SSSR count). The van der Waals surface area contributed by atoms with Crippen LogP contribution in [0.4, 0.5) is 22.0 Å². The van der Waals surface area contributed by atoms with Gasteiger partial charge < -0.3 is 15.0 Å². The summed E-state index contributed by atoms with van der Waals surface area (Å²) in [4.78, 5) is 30.6. The minimum absolute atomic E-state index is 0.0136. The molecule has 6 nitrogen and oxygen atoms in total. The van der Waals surface area contributed by atoms with E-state index in [1.165, 1.54) is 18.2 Å². The first kappa shape index (κ1) is 27.7. The van der Waals surface area contributed by atoms with E-state index in [0.29, 0.717) is 29.5 Å². The number of aromatic amines is 1. The van der Waals surface area contributed by atoms with Crippen molar-refractivity contribution in [2.75, 3.05) is 0 Å². The number of alkyl halides is 3. The minimum Gasteiger partial charge on any atom is -0.373 e. The zero-order valence-corrected chi connectivity index (χ0v) is 20.9. The van der Waals surface area contributed by atoms with Gasteiger partial charge in [0.15, 0.2) is 0 Å². The molecule has 2 aromatic carbocycles. The summed E-state index contributed by atoms with van der Waals surface area (Å²) in [6.07, 6.45) is -4.23. The van der Waals surface area contributed by atoms with Gasteiger partial charge in [-0.05, 0) is 43.5 Å². The van der Waals surface area contributed by atoms with Crippen LogP contribution >= 0.6 is 11.6 Å². The van der Waals surface area contributed by atoms with E-state index in [-0.39, 0.29) is 36.9 Å². The molecule has 1 aromatic heterocycles. The lowest BCUT2D eigenvalue weighted by Crippen LogP contribution is -2.42. The third kappa shape index (κ3) is 6.21. The topological polar surface area (TPSA) is 84.1 Å². The van der Waals surface area contributed by atoms with Gasteiger partial charge in [0.2, 0.25) is 5.91 Å². The van der Waals surface area contributed by atoms with Gasteiger partial charge >= 0.3 is 6.18 Å². The van der Waals surface area contributed by atoms with Gasteiger partial charge in [0.25, 0.3) is 5.56 Å². The third-order valence-corrected chi connectivity index (χ3v) is 6.56. The predicted molar refractivity (Wildman–Crippen MR) is 129 cm³/mol. The van der Waals surface area contributed by atoms with Crippen molar-refractivity contribution in [1.82, 2.24) is 15.3 Å². The van der Waals surface area contributed by atoms with Gasteiger partial charge in [-0.2, -0.15) is 13.2 Å².